The second-order valence-corrected chi connectivity index (χ2v) is 5.36. The molecule has 0 atom stereocenters. The lowest BCUT2D eigenvalue weighted by atomic mass is 10.3. The molecule has 1 heterocycles. The highest BCUT2D eigenvalue weighted by molar-refractivity contribution is 6.39. The highest BCUT2D eigenvalue weighted by atomic mass is 35.5. The first-order chi connectivity index (χ1) is 10.4. The van der Waals surface area contributed by atoms with Crippen molar-refractivity contribution in [3.63, 3.8) is 0 Å². The van der Waals surface area contributed by atoms with E-state index in [0.717, 1.165) is 0 Å². The normalized spacial score (nSPS) is 10.4. The van der Waals surface area contributed by atoms with Crippen molar-refractivity contribution in [1.82, 2.24) is 5.16 Å². The van der Waals surface area contributed by atoms with Crippen LogP contribution in [-0.2, 0) is 9.59 Å². The predicted octanol–water partition coefficient (Wildman–Crippen LogP) is 3.28. The Morgan fingerprint density at radius 1 is 1.32 bits per heavy atom. The Morgan fingerprint density at radius 2 is 1.95 bits per heavy atom. The van der Waals surface area contributed by atoms with Crippen LogP contribution in [0.4, 0.5) is 11.5 Å². The fraction of sp³-hybridized carbons (Fsp3) is 0.214. The molecule has 0 radical (unpaired) electrons. The van der Waals surface area contributed by atoms with Crippen LogP contribution in [0.2, 0.25) is 10.0 Å². The van der Waals surface area contributed by atoms with E-state index in [0.29, 0.717) is 21.5 Å². The fourth-order valence-electron chi connectivity index (χ4n) is 1.77. The fourth-order valence-corrected chi connectivity index (χ4v) is 2.27. The van der Waals surface area contributed by atoms with Crippen molar-refractivity contribution in [2.24, 2.45) is 0 Å². The third-order valence-electron chi connectivity index (χ3n) is 2.80. The molecular weight excluding hydrogens is 329 g/mol. The molecule has 1 N–H and O–H groups in total. The Labute approximate surface area is 137 Å². The summed E-state index contributed by atoms with van der Waals surface area (Å²) >= 11 is 12.0. The van der Waals surface area contributed by atoms with Gasteiger partial charge in [-0.15, -0.1) is 0 Å². The molecule has 1 aromatic carbocycles. The number of hydrogen-bond donors (Lipinski definition) is 1. The molecule has 0 aliphatic carbocycles. The maximum Gasteiger partial charge on any atom is 0.244 e. The van der Waals surface area contributed by atoms with Crippen molar-refractivity contribution in [3.8, 4) is 0 Å². The molecule has 0 aliphatic heterocycles. The van der Waals surface area contributed by atoms with Gasteiger partial charge in [0.15, 0.2) is 5.82 Å². The molecule has 0 spiro atoms. The Kier molecular flexibility index (Phi) is 5.05. The number of halogens is 2. The maximum atomic E-state index is 12.1. The van der Waals surface area contributed by atoms with Gasteiger partial charge in [-0.25, -0.2) is 0 Å². The van der Waals surface area contributed by atoms with Crippen molar-refractivity contribution >= 4 is 46.5 Å². The van der Waals surface area contributed by atoms with E-state index in [-0.39, 0.29) is 18.3 Å². The van der Waals surface area contributed by atoms with Crippen LogP contribution in [0.25, 0.3) is 0 Å². The number of nitrogens with one attached hydrogen (secondary N) is 1. The Hall–Kier alpha value is -2.05. The summed E-state index contributed by atoms with van der Waals surface area (Å²) in [5.74, 6) is 0.0146. The Balaban J connectivity index is 2.14. The van der Waals surface area contributed by atoms with Gasteiger partial charge >= 0.3 is 0 Å². The first-order valence-electron chi connectivity index (χ1n) is 6.33. The molecule has 0 saturated carbocycles. The average Bonchev–Trinajstić information content (AvgIpc) is 2.86. The SMILES string of the molecule is CC(=O)N(CC(=O)Nc1c(Cl)cccc1Cl)c1cc(C)on1. The molecule has 6 nitrogen and oxygen atoms in total. The van der Waals surface area contributed by atoms with Gasteiger partial charge in [-0.3, -0.25) is 14.5 Å². The second-order valence-electron chi connectivity index (χ2n) is 4.55. The van der Waals surface area contributed by atoms with Gasteiger partial charge < -0.3 is 9.84 Å². The highest BCUT2D eigenvalue weighted by Gasteiger charge is 2.20. The minimum absolute atomic E-state index is 0.233. The number of hydrogen-bond acceptors (Lipinski definition) is 4. The summed E-state index contributed by atoms with van der Waals surface area (Å²) in [5, 5.41) is 6.94. The highest BCUT2D eigenvalue weighted by Crippen LogP contribution is 2.29. The number of benzene rings is 1. The van der Waals surface area contributed by atoms with Crippen LogP contribution >= 0.6 is 23.2 Å². The van der Waals surface area contributed by atoms with Gasteiger partial charge in [-0.2, -0.15) is 0 Å². The third-order valence-corrected chi connectivity index (χ3v) is 3.43. The molecule has 2 aromatic rings. The first kappa shape index (κ1) is 16.3. The number of para-hydroxylation sites is 1. The van der Waals surface area contributed by atoms with Crippen LogP contribution in [0, 0.1) is 6.92 Å². The topological polar surface area (TPSA) is 75.4 Å². The van der Waals surface area contributed by atoms with Crippen LogP contribution in [0.15, 0.2) is 28.8 Å². The molecule has 1 aromatic heterocycles. The molecule has 2 rings (SSSR count). The van der Waals surface area contributed by atoms with Gasteiger partial charge in [0.05, 0.1) is 15.7 Å². The molecule has 0 aliphatic rings. The third kappa shape index (κ3) is 3.78. The maximum absolute atomic E-state index is 12.1. The van der Waals surface area contributed by atoms with E-state index < -0.39 is 5.91 Å². The number of anilines is 2. The van der Waals surface area contributed by atoms with Crippen molar-refractivity contribution in [3.05, 3.63) is 40.1 Å². The summed E-state index contributed by atoms with van der Waals surface area (Å²) < 4.78 is 4.92. The van der Waals surface area contributed by atoms with Crippen molar-refractivity contribution in [2.75, 3.05) is 16.8 Å². The summed E-state index contributed by atoms with van der Waals surface area (Å²) in [5.41, 5.74) is 0.302. The summed E-state index contributed by atoms with van der Waals surface area (Å²) in [6, 6.07) is 6.44. The zero-order valence-electron chi connectivity index (χ0n) is 11.9. The number of aromatic nitrogens is 1. The van der Waals surface area contributed by atoms with E-state index in [2.05, 4.69) is 10.5 Å². The van der Waals surface area contributed by atoms with Crippen molar-refractivity contribution in [1.29, 1.82) is 0 Å². The van der Waals surface area contributed by atoms with Crippen LogP contribution in [0.3, 0.4) is 0 Å². The lowest BCUT2D eigenvalue weighted by Crippen LogP contribution is -2.37. The monoisotopic (exact) mass is 341 g/mol. The number of rotatable bonds is 4. The van der Waals surface area contributed by atoms with E-state index in [1.54, 1.807) is 31.2 Å². The number of carbonyl (C=O) groups excluding carboxylic acids is 2. The zero-order valence-corrected chi connectivity index (χ0v) is 13.4. The van der Waals surface area contributed by atoms with Gasteiger partial charge in [0.2, 0.25) is 11.8 Å². The standard InChI is InChI=1S/C14H13Cl2N3O3/c1-8-6-12(18-22-8)19(9(2)20)7-13(21)17-14-10(15)4-3-5-11(14)16/h3-6H,7H2,1-2H3,(H,17,21). The van der Waals surface area contributed by atoms with Gasteiger partial charge in [0, 0.05) is 13.0 Å². The van der Waals surface area contributed by atoms with Crippen LogP contribution in [0.5, 0.6) is 0 Å². The number of carbonyl (C=O) groups is 2. The lowest BCUT2D eigenvalue weighted by Gasteiger charge is -2.17. The van der Waals surface area contributed by atoms with Crippen molar-refractivity contribution in [2.45, 2.75) is 13.8 Å². The van der Waals surface area contributed by atoms with E-state index in [4.69, 9.17) is 27.7 Å². The average molecular weight is 342 g/mol. The smallest absolute Gasteiger partial charge is 0.244 e. The Morgan fingerprint density at radius 3 is 2.45 bits per heavy atom. The van der Waals surface area contributed by atoms with E-state index in [9.17, 15) is 9.59 Å². The zero-order chi connectivity index (χ0) is 16.3. The minimum atomic E-state index is -0.453. The molecule has 22 heavy (non-hydrogen) atoms. The summed E-state index contributed by atoms with van der Waals surface area (Å²) in [4.78, 5) is 25.0. The van der Waals surface area contributed by atoms with Gasteiger partial charge in [-0.05, 0) is 19.1 Å². The summed E-state index contributed by atoms with van der Waals surface area (Å²) in [7, 11) is 0. The minimum Gasteiger partial charge on any atom is -0.360 e. The lowest BCUT2D eigenvalue weighted by molar-refractivity contribution is -0.120. The van der Waals surface area contributed by atoms with Gasteiger partial charge in [0.25, 0.3) is 0 Å². The number of nitrogens with zero attached hydrogens (tertiary/aromatic N) is 2. The largest absolute Gasteiger partial charge is 0.360 e. The Bertz CT molecular complexity index is 695. The van der Waals surface area contributed by atoms with Crippen LogP contribution in [-0.4, -0.2) is 23.5 Å². The van der Waals surface area contributed by atoms with Gasteiger partial charge in [0.1, 0.15) is 12.3 Å². The second kappa shape index (κ2) is 6.81. The van der Waals surface area contributed by atoms with Crippen LogP contribution in [0.1, 0.15) is 12.7 Å². The molecule has 0 fully saturated rings. The van der Waals surface area contributed by atoms with E-state index >= 15 is 0 Å². The van der Waals surface area contributed by atoms with Crippen LogP contribution < -0.4 is 10.2 Å². The number of aryl methyl sites for hydroxylation is 1. The molecule has 116 valence electrons. The summed E-state index contributed by atoms with van der Waals surface area (Å²) in [6.07, 6.45) is 0. The molecule has 8 heteroatoms. The molecular formula is C14H13Cl2N3O3. The number of amides is 2. The van der Waals surface area contributed by atoms with Crippen molar-refractivity contribution < 1.29 is 14.1 Å². The molecule has 0 unspecified atom stereocenters. The molecule has 0 saturated heterocycles. The molecule has 2 amide bonds. The van der Waals surface area contributed by atoms with Gasteiger partial charge in [-0.1, -0.05) is 34.4 Å². The summed E-state index contributed by atoms with van der Waals surface area (Å²) in [6.45, 7) is 2.79. The quantitative estimate of drug-likeness (QED) is 0.925. The predicted molar refractivity (Wildman–Crippen MR) is 84.4 cm³/mol. The first-order valence-corrected chi connectivity index (χ1v) is 7.09. The molecule has 0 bridgehead atoms. The van der Waals surface area contributed by atoms with E-state index in [1.165, 1.54) is 11.8 Å². The van der Waals surface area contributed by atoms with E-state index in [1.807, 2.05) is 0 Å².